The molecule has 88 valence electrons. The Hall–Kier alpha value is -0.990. The van der Waals surface area contributed by atoms with Crippen molar-refractivity contribution >= 4 is 27.5 Å². The molecule has 2 aromatic carbocycles. The van der Waals surface area contributed by atoms with Crippen LogP contribution in [0.5, 0.6) is 5.75 Å². The fourth-order valence-electron chi connectivity index (χ4n) is 1.52. The van der Waals surface area contributed by atoms with Gasteiger partial charge in [-0.1, -0.05) is 51.8 Å². The summed E-state index contributed by atoms with van der Waals surface area (Å²) in [6, 6.07) is 13.8. The molecule has 3 heteroatoms. The van der Waals surface area contributed by atoms with Gasteiger partial charge in [-0.25, -0.2) is 0 Å². The first-order chi connectivity index (χ1) is 8.16. The maximum atomic E-state index is 6.08. The monoisotopic (exact) mass is 310 g/mol. The number of aryl methyl sites for hydroxylation is 1. The summed E-state index contributed by atoms with van der Waals surface area (Å²) in [6.45, 7) is 2.61. The number of benzene rings is 2. The molecule has 0 aliphatic carbocycles. The van der Waals surface area contributed by atoms with Crippen LogP contribution in [0.3, 0.4) is 0 Å². The second-order valence-electron chi connectivity index (χ2n) is 3.79. The Labute approximate surface area is 115 Å². The largest absolute Gasteiger partial charge is 0.487 e. The summed E-state index contributed by atoms with van der Waals surface area (Å²) in [4.78, 5) is 0. The minimum Gasteiger partial charge on any atom is -0.487 e. The molecule has 2 aromatic rings. The van der Waals surface area contributed by atoms with Gasteiger partial charge in [0.15, 0.2) is 0 Å². The quantitative estimate of drug-likeness (QED) is 0.776. The molecule has 0 saturated heterocycles. The van der Waals surface area contributed by atoms with Crippen molar-refractivity contribution in [3.63, 3.8) is 0 Å². The van der Waals surface area contributed by atoms with E-state index >= 15 is 0 Å². The van der Waals surface area contributed by atoms with E-state index in [2.05, 4.69) is 35.0 Å². The highest BCUT2D eigenvalue weighted by Crippen LogP contribution is 2.28. The van der Waals surface area contributed by atoms with E-state index in [-0.39, 0.29) is 0 Å². The van der Waals surface area contributed by atoms with Crippen molar-refractivity contribution < 1.29 is 4.74 Å². The smallest absolute Gasteiger partial charge is 0.138 e. The molecule has 0 aromatic heterocycles. The van der Waals surface area contributed by atoms with Crippen molar-refractivity contribution in [1.29, 1.82) is 0 Å². The Morgan fingerprint density at radius 3 is 2.65 bits per heavy atom. The lowest BCUT2D eigenvalue weighted by molar-refractivity contribution is 0.305. The number of ether oxygens (including phenoxy) is 1. The van der Waals surface area contributed by atoms with Crippen LogP contribution in [0.15, 0.2) is 46.9 Å². The summed E-state index contributed by atoms with van der Waals surface area (Å²) in [6.07, 6.45) is 0. The highest BCUT2D eigenvalue weighted by molar-refractivity contribution is 9.10. The van der Waals surface area contributed by atoms with Crippen LogP contribution in [0.1, 0.15) is 11.1 Å². The third-order valence-corrected chi connectivity index (χ3v) is 3.33. The van der Waals surface area contributed by atoms with E-state index in [0.29, 0.717) is 17.4 Å². The Kier molecular flexibility index (Phi) is 4.08. The third kappa shape index (κ3) is 3.24. The number of rotatable bonds is 3. The molecule has 0 amide bonds. The number of hydrogen-bond acceptors (Lipinski definition) is 1. The average molecular weight is 312 g/mol. The highest BCUT2D eigenvalue weighted by atomic mass is 79.9. The normalized spacial score (nSPS) is 10.3. The lowest BCUT2D eigenvalue weighted by Crippen LogP contribution is -1.97. The summed E-state index contributed by atoms with van der Waals surface area (Å²) >= 11 is 9.44. The van der Waals surface area contributed by atoms with E-state index in [0.717, 1.165) is 4.47 Å². The highest BCUT2D eigenvalue weighted by Gasteiger charge is 2.03. The van der Waals surface area contributed by atoms with Crippen LogP contribution in [0.2, 0.25) is 5.02 Å². The molecule has 0 bridgehead atoms. The van der Waals surface area contributed by atoms with Crippen molar-refractivity contribution in [1.82, 2.24) is 0 Å². The zero-order valence-electron chi connectivity index (χ0n) is 9.41. The van der Waals surface area contributed by atoms with Gasteiger partial charge in [0.05, 0.1) is 5.02 Å². The molecule has 0 N–H and O–H groups in total. The van der Waals surface area contributed by atoms with Gasteiger partial charge in [0, 0.05) is 4.47 Å². The maximum absolute atomic E-state index is 6.08. The Balaban J connectivity index is 2.10. The van der Waals surface area contributed by atoms with Gasteiger partial charge in [0.2, 0.25) is 0 Å². The third-order valence-electron chi connectivity index (χ3n) is 2.54. The lowest BCUT2D eigenvalue weighted by Gasteiger charge is -2.10. The summed E-state index contributed by atoms with van der Waals surface area (Å²) in [5, 5.41) is 0.618. The van der Waals surface area contributed by atoms with Crippen molar-refractivity contribution in [2.75, 3.05) is 0 Å². The first kappa shape index (κ1) is 12.5. The van der Waals surface area contributed by atoms with Gasteiger partial charge in [-0.15, -0.1) is 0 Å². The van der Waals surface area contributed by atoms with Gasteiger partial charge in [-0.05, 0) is 36.2 Å². The van der Waals surface area contributed by atoms with Crippen molar-refractivity contribution in [3.05, 3.63) is 63.1 Å². The van der Waals surface area contributed by atoms with Gasteiger partial charge in [-0.3, -0.25) is 0 Å². The first-order valence-corrected chi connectivity index (χ1v) is 6.46. The fourth-order valence-corrected chi connectivity index (χ4v) is 2.25. The van der Waals surface area contributed by atoms with Gasteiger partial charge in [-0.2, -0.15) is 0 Å². The molecule has 0 aliphatic rings. The number of halogens is 2. The molecule has 0 spiro atoms. The van der Waals surface area contributed by atoms with Crippen LogP contribution >= 0.6 is 27.5 Å². The van der Waals surface area contributed by atoms with E-state index in [1.807, 2.05) is 30.3 Å². The molecule has 0 atom stereocenters. The molecule has 1 nitrogen and oxygen atoms in total. The van der Waals surface area contributed by atoms with Crippen molar-refractivity contribution in [2.24, 2.45) is 0 Å². The Morgan fingerprint density at radius 2 is 1.94 bits per heavy atom. The molecular formula is C14H12BrClO. The van der Waals surface area contributed by atoms with Crippen molar-refractivity contribution in [2.45, 2.75) is 13.5 Å². The van der Waals surface area contributed by atoms with Crippen molar-refractivity contribution in [3.8, 4) is 5.75 Å². The minimum absolute atomic E-state index is 0.536. The van der Waals surface area contributed by atoms with E-state index in [4.69, 9.17) is 16.3 Å². The zero-order chi connectivity index (χ0) is 12.3. The van der Waals surface area contributed by atoms with Gasteiger partial charge in [0.25, 0.3) is 0 Å². The van der Waals surface area contributed by atoms with Crippen LogP contribution < -0.4 is 4.74 Å². The lowest BCUT2D eigenvalue weighted by atomic mass is 10.1. The first-order valence-electron chi connectivity index (χ1n) is 5.29. The molecule has 17 heavy (non-hydrogen) atoms. The predicted octanol–water partition coefficient (Wildman–Crippen LogP) is 4.99. The SMILES string of the molecule is Cc1ccccc1COc1ccc(Br)cc1Cl. The van der Waals surface area contributed by atoms with Crippen LogP contribution in [-0.2, 0) is 6.61 Å². The second-order valence-corrected chi connectivity index (χ2v) is 5.11. The maximum Gasteiger partial charge on any atom is 0.138 e. The molecule has 0 aliphatic heterocycles. The Morgan fingerprint density at radius 1 is 1.18 bits per heavy atom. The summed E-state index contributed by atoms with van der Waals surface area (Å²) in [7, 11) is 0. The fraction of sp³-hybridized carbons (Fsp3) is 0.143. The van der Waals surface area contributed by atoms with Crippen LogP contribution in [0.25, 0.3) is 0 Å². The zero-order valence-corrected chi connectivity index (χ0v) is 11.8. The van der Waals surface area contributed by atoms with Crippen LogP contribution in [0.4, 0.5) is 0 Å². The van der Waals surface area contributed by atoms with Gasteiger partial charge in [0.1, 0.15) is 12.4 Å². The average Bonchev–Trinajstić information content (AvgIpc) is 2.30. The van der Waals surface area contributed by atoms with Crippen LogP contribution in [0, 0.1) is 6.92 Å². The molecule has 0 saturated carbocycles. The molecule has 0 unspecified atom stereocenters. The minimum atomic E-state index is 0.536. The number of hydrogen-bond donors (Lipinski definition) is 0. The summed E-state index contributed by atoms with van der Waals surface area (Å²) < 4.78 is 6.66. The molecule has 0 heterocycles. The van der Waals surface area contributed by atoms with E-state index in [1.165, 1.54) is 11.1 Å². The molecular weight excluding hydrogens is 300 g/mol. The summed E-state index contributed by atoms with van der Waals surface area (Å²) in [5.41, 5.74) is 2.40. The molecule has 0 radical (unpaired) electrons. The summed E-state index contributed by atoms with van der Waals surface area (Å²) in [5.74, 6) is 0.707. The van der Waals surface area contributed by atoms with E-state index in [9.17, 15) is 0 Å². The Bertz CT molecular complexity index is 525. The standard InChI is InChI=1S/C14H12BrClO/c1-10-4-2-3-5-11(10)9-17-14-7-6-12(15)8-13(14)16/h2-8H,9H2,1H3. The molecule has 0 fully saturated rings. The second kappa shape index (κ2) is 5.56. The van der Waals surface area contributed by atoms with Crippen LogP contribution in [-0.4, -0.2) is 0 Å². The van der Waals surface area contributed by atoms with Gasteiger partial charge < -0.3 is 4.74 Å². The van der Waals surface area contributed by atoms with E-state index in [1.54, 1.807) is 0 Å². The topological polar surface area (TPSA) is 9.23 Å². The van der Waals surface area contributed by atoms with Gasteiger partial charge >= 0.3 is 0 Å². The predicted molar refractivity (Wildman–Crippen MR) is 74.7 cm³/mol. The van der Waals surface area contributed by atoms with E-state index < -0.39 is 0 Å². The molecule has 2 rings (SSSR count).